The van der Waals surface area contributed by atoms with Gasteiger partial charge < -0.3 is 9.64 Å². The van der Waals surface area contributed by atoms with Gasteiger partial charge in [0.15, 0.2) is 0 Å². The molecule has 1 aliphatic carbocycles. The predicted octanol–water partition coefficient (Wildman–Crippen LogP) is 2.70. The summed E-state index contributed by atoms with van der Waals surface area (Å²) in [6.07, 6.45) is 4.54. The summed E-state index contributed by atoms with van der Waals surface area (Å²) in [6.45, 7) is 3.09. The molecule has 3 nitrogen and oxygen atoms in total. The predicted molar refractivity (Wildman–Crippen MR) is 75.4 cm³/mol. The van der Waals surface area contributed by atoms with Crippen LogP contribution in [-0.4, -0.2) is 25.7 Å². The van der Waals surface area contributed by atoms with Crippen LogP contribution in [-0.2, 0) is 16.0 Å². The number of esters is 1. The Hall–Kier alpha value is -1.51. The van der Waals surface area contributed by atoms with Gasteiger partial charge in [0.25, 0.3) is 0 Å². The summed E-state index contributed by atoms with van der Waals surface area (Å²) >= 11 is 0. The molecule has 0 aromatic heterocycles. The van der Waals surface area contributed by atoms with Crippen molar-refractivity contribution >= 4 is 11.7 Å². The number of carbonyl (C=O) groups is 1. The van der Waals surface area contributed by atoms with Crippen molar-refractivity contribution in [2.24, 2.45) is 5.92 Å². The van der Waals surface area contributed by atoms with Crippen molar-refractivity contribution < 1.29 is 9.53 Å². The number of anilines is 1. The lowest BCUT2D eigenvalue weighted by Crippen LogP contribution is -2.46. The third kappa shape index (κ3) is 2.34. The lowest BCUT2D eigenvalue weighted by Gasteiger charge is -2.36. The van der Waals surface area contributed by atoms with Crippen LogP contribution in [0, 0.1) is 12.8 Å². The average molecular weight is 259 g/mol. The minimum Gasteiger partial charge on any atom is -0.467 e. The summed E-state index contributed by atoms with van der Waals surface area (Å²) in [5.74, 6) is 0.413. The molecular weight excluding hydrogens is 238 g/mol. The molecule has 0 amide bonds. The first-order valence-corrected chi connectivity index (χ1v) is 7.14. The minimum atomic E-state index is -0.0771. The molecule has 1 aliphatic heterocycles. The van der Waals surface area contributed by atoms with Gasteiger partial charge in [-0.1, -0.05) is 17.7 Å². The third-order valence-electron chi connectivity index (χ3n) is 4.24. The first-order valence-electron chi connectivity index (χ1n) is 7.14. The molecule has 1 saturated carbocycles. The second-order valence-electron chi connectivity index (χ2n) is 5.73. The van der Waals surface area contributed by atoms with Crippen molar-refractivity contribution in [2.75, 3.05) is 18.6 Å². The number of hydrogen-bond donors (Lipinski definition) is 0. The summed E-state index contributed by atoms with van der Waals surface area (Å²) < 4.78 is 5.03. The molecule has 1 fully saturated rings. The van der Waals surface area contributed by atoms with E-state index in [0.717, 1.165) is 32.2 Å². The molecule has 1 aromatic carbocycles. The van der Waals surface area contributed by atoms with Crippen molar-refractivity contribution in [3.8, 4) is 0 Å². The van der Waals surface area contributed by atoms with Gasteiger partial charge in [0.2, 0.25) is 0 Å². The largest absolute Gasteiger partial charge is 0.467 e. The second kappa shape index (κ2) is 4.87. The van der Waals surface area contributed by atoms with Crippen molar-refractivity contribution in [1.82, 2.24) is 0 Å². The topological polar surface area (TPSA) is 29.5 Å². The molecule has 1 atom stereocenters. The molecule has 3 heteroatoms. The summed E-state index contributed by atoms with van der Waals surface area (Å²) in [7, 11) is 1.50. The highest BCUT2D eigenvalue weighted by Gasteiger charge is 2.42. The Bertz CT molecular complexity index is 494. The standard InChI is InChI=1S/C16H21NO2/c1-11-5-8-14-13(10-11)4-3-9-17(14)15(12-6-7-12)16(18)19-2/h5,8,10,12,15H,3-4,6-7,9H2,1-2H3. The SMILES string of the molecule is COC(=O)C(C1CC1)N1CCCc2cc(C)ccc21. The van der Waals surface area contributed by atoms with E-state index in [0.29, 0.717) is 5.92 Å². The van der Waals surface area contributed by atoms with Crippen LogP contribution in [0.25, 0.3) is 0 Å². The molecule has 0 bridgehead atoms. The fourth-order valence-corrected chi connectivity index (χ4v) is 3.15. The molecule has 102 valence electrons. The lowest BCUT2D eigenvalue weighted by atomic mass is 9.97. The minimum absolute atomic E-state index is 0.0732. The molecule has 0 N–H and O–H groups in total. The Morgan fingerprint density at radius 3 is 2.89 bits per heavy atom. The van der Waals surface area contributed by atoms with Crippen LogP contribution in [0.1, 0.15) is 30.4 Å². The highest BCUT2D eigenvalue weighted by Crippen LogP contribution is 2.40. The number of nitrogens with zero attached hydrogens (tertiary/aromatic N) is 1. The van der Waals surface area contributed by atoms with E-state index in [1.165, 1.54) is 23.9 Å². The van der Waals surface area contributed by atoms with Crippen molar-refractivity contribution in [1.29, 1.82) is 0 Å². The smallest absolute Gasteiger partial charge is 0.328 e. The Kier molecular flexibility index (Phi) is 3.21. The van der Waals surface area contributed by atoms with Crippen molar-refractivity contribution in [3.63, 3.8) is 0 Å². The number of ether oxygens (including phenoxy) is 1. The van der Waals surface area contributed by atoms with E-state index in [-0.39, 0.29) is 12.0 Å². The normalized spacial score (nSPS) is 19.8. The van der Waals surface area contributed by atoms with E-state index >= 15 is 0 Å². The van der Waals surface area contributed by atoms with Gasteiger partial charge in [-0.2, -0.15) is 0 Å². The van der Waals surface area contributed by atoms with Crippen LogP contribution in [0.2, 0.25) is 0 Å². The first-order chi connectivity index (χ1) is 9.20. The number of benzene rings is 1. The van der Waals surface area contributed by atoms with Gasteiger partial charge in [-0.25, -0.2) is 4.79 Å². The van der Waals surface area contributed by atoms with Crippen LogP contribution < -0.4 is 4.90 Å². The third-order valence-corrected chi connectivity index (χ3v) is 4.24. The zero-order chi connectivity index (χ0) is 13.4. The van der Waals surface area contributed by atoms with Gasteiger partial charge in [0.1, 0.15) is 6.04 Å². The van der Waals surface area contributed by atoms with E-state index in [1.54, 1.807) is 0 Å². The summed E-state index contributed by atoms with van der Waals surface area (Å²) in [5.41, 5.74) is 3.90. The lowest BCUT2D eigenvalue weighted by molar-refractivity contribution is -0.142. The highest BCUT2D eigenvalue weighted by molar-refractivity contribution is 5.81. The Morgan fingerprint density at radius 2 is 2.21 bits per heavy atom. The van der Waals surface area contributed by atoms with Crippen molar-refractivity contribution in [2.45, 2.75) is 38.6 Å². The first kappa shape index (κ1) is 12.5. The maximum Gasteiger partial charge on any atom is 0.328 e. The Balaban J connectivity index is 1.95. The van der Waals surface area contributed by atoms with Crippen molar-refractivity contribution in [3.05, 3.63) is 29.3 Å². The summed E-state index contributed by atoms with van der Waals surface area (Å²) in [6, 6.07) is 6.48. The van der Waals surface area contributed by atoms with E-state index in [4.69, 9.17) is 4.74 Å². The zero-order valence-corrected chi connectivity index (χ0v) is 11.7. The Morgan fingerprint density at radius 1 is 1.42 bits per heavy atom. The van der Waals surface area contributed by atoms with E-state index in [1.807, 2.05) is 0 Å². The molecular formula is C16H21NO2. The molecule has 0 radical (unpaired) electrons. The molecule has 1 heterocycles. The molecule has 1 unspecified atom stereocenters. The van der Waals surface area contributed by atoms with Gasteiger partial charge in [-0.05, 0) is 50.2 Å². The summed E-state index contributed by atoms with van der Waals surface area (Å²) in [5, 5.41) is 0. The number of carbonyl (C=O) groups excluding carboxylic acids is 1. The Labute approximate surface area is 114 Å². The van der Waals surface area contributed by atoms with Gasteiger partial charge in [0.05, 0.1) is 7.11 Å². The summed E-state index contributed by atoms with van der Waals surface area (Å²) in [4.78, 5) is 14.4. The van der Waals surface area contributed by atoms with Crippen LogP contribution in [0.15, 0.2) is 18.2 Å². The fraction of sp³-hybridized carbons (Fsp3) is 0.562. The second-order valence-corrected chi connectivity index (χ2v) is 5.73. The molecule has 0 spiro atoms. The number of aryl methyl sites for hydroxylation is 2. The molecule has 2 aliphatic rings. The maximum atomic E-state index is 12.1. The van der Waals surface area contributed by atoms with E-state index in [9.17, 15) is 4.79 Å². The zero-order valence-electron chi connectivity index (χ0n) is 11.7. The fourth-order valence-electron chi connectivity index (χ4n) is 3.15. The van der Waals surface area contributed by atoms with Gasteiger partial charge in [0, 0.05) is 12.2 Å². The number of fused-ring (bicyclic) bond motifs is 1. The van der Waals surface area contributed by atoms with Crippen LogP contribution in [0.5, 0.6) is 0 Å². The molecule has 1 aromatic rings. The maximum absolute atomic E-state index is 12.1. The van der Waals surface area contributed by atoms with Crippen LogP contribution in [0.4, 0.5) is 5.69 Å². The number of rotatable bonds is 3. The average Bonchev–Trinajstić information content (AvgIpc) is 3.23. The molecule has 0 saturated heterocycles. The van der Waals surface area contributed by atoms with E-state index < -0.39 is 0 Å². The van der Waals surface area contributed by atoms with Crippen LogP contribution >= 0.6 is 0 Å². The van der Waals surface area contributed by atoms with Gasteiger partial charge in [-0.15, -0.1) is 0 Å². The van der Waals surface area contributed by atoms with E-state index in [2.05, 4.69) is 30.0 Å². The van der Waals surface area contributed by atoms with Gasteiger partial charge >= 0.3 is 5.97 Å². The number of hydrogen-bond acceptors (Lipinski definition) is 3. The monoisotopic (exact) mass is 259 g/mol. The van der Waals surface area contributed by atoms with Crippen LogP contribution in [0.3, 0.4) is 0 Å². The molecule has 19 heavy (non-hydrogen) atoms. The molecule has 3 rings (SSSR count). The van der Waals surface area contributed by atoms with Gasteiger partial charge in [-0.3, -0.25) is 0 Å². The number of methoxy groups -OCH3 is 1. The highest BCUT2D eigenvalue weighted by atomic mass is 16.5. The quantitative estimate of drug-likeness (QED) is 0.782.